The predicted octanol–water partition coefficient (Wildman–Crippen LogP) is 2.60. The lowest BCUT2D eigenvalue weighted by atomic mass is 9.69. The fraction of sp³-hybridized carbons (Fsp3) is 0.583. The number of hydrogen-bond donors (Lipinski definition) is 0. The number of allylic oxidation sites excluding steroid dienone is 4. The van der Waals surface area contributed by atoms with Crippen LogP contribution in [0.25, 0.3) is 0 Å². The number of aliphatic imine (C=N–C) groups is 1. The Kier molecular flexibility index (Phi) is 1.64. The van der Waals surface area contributed by atoms with Crippen molar-refractivity contribution in [2.24, 2.45) is 22.7 Å². The summed E-state index contributed by atoms with van der Waals surface area (Å²) in [6, 6.07) is 0. The van der Waals surface area contributed by atoms with E-state index in [9.17, 15) is 0 Å². The molecule has 1 heteroatoms. The molecular weight excluding hydrogens is 158 g/mol. The highest BCUT2D eigenvalue weighted by Gasteiger charge is 2.36. The molecule has 3 unspecified atom stereocenters. The number of fused-ring (bicyclic) bond motifs is 3. The largest absolute Gasteiger partial charge is 0.294 e. The molecule has 0 aromatic carbocycles. The fourth-order valence-corrected chi connectivity index (χ4v) is 3.02. The molecule has 3 rings (SSSR count). The van der Waals surface area contributed by atoms with Crippen LogP contribution >= 0.6 is 0 Å². The van der Waals surface area contributed by atoms with Crippen molar-refractivity contribution in [3.8, 4) is 0 Å². The molecule has 0 aromatic heterocycles. The highest BCUT2D eigenvalue weighted by atomic mass is 14.8. The van der Waals surface area contributed by atoms with Crippen molar-refractivity contribution in [2.75, 3.05) is 6.54 Å². The van der Waals surface area contributed by atoms with E-state index < -0.39 is 0 Å². The van der Waals surface area contributed by atoms with Gasteiger partial charge in [-0.15, -0.1) is 0 Å². The standard InChI is InChI=1S/C12H15N/c1-2-4-10-9(3-1)5-6-12-11(10)7-8-13-12/h1-4,9-11H,5-8H2. The maximum absolute atomic E-state index is 4.61. The summed E-state index contributed by atoms with van der Waals surface area (Å²) in [6.45, 7) is 1.08. The van der Waals surface area contributed by atoms with Crippen LogP contribution in [-0.4, -0.2) is 12.3 Å². The smallest absolute Gasteiger partial charge is 0.0395 e. The third-order valence-electron chi connectivity index (χ3n) is 3.68. The lowest BCUT2D eigenvalue weighted by Crippen LogP contribution is -2.31. The van der Waals surface area contributed by atoms with Gasteiger partial charge in [-0.2, -0.15) is 0 Å². The maximum Gasteiger partial charge on any atom is 0.0395 e. The summed E-state index contributed by atoms with van der Waals surface area (Å²) in [4.78, 5) is 4.61. The van der Waals surface area contributed by atoms with Crippen molar-refractivity contribution >= 4 is 5.71 Å². The van der Waals surface area contributed by atoms with E-state index in [0.717, 1.165) is 24.3 Å². The Balaban J connectivity index is 1.91. The summed E-state index contributed by atoms with van der Waals surface area (Å²) in [5.41, 5.74) is 1.52. The van der Waals surface area contributed by atoms with Gasteiger partial charge in [-0.05, 0) is 31.1 Å². The highest BCUT2D eigenvalue weighted by Crippen LogP contribution is 2.40. The van der Waals surface area contributed by atoms with Crippen LogP contribution in [0.1, 0.15) is 19.3 Å². The van der Waals surface area contributed by atoms with E-state index in [0.29, 0.717) is 0 Å². The first-order valence-corrected chi connectivity index (χ1v) is 5.33. The minimum atomic E-state index is 0.778. The average molecular weight is 173 g/mol. The zero-order valence-corrected chi connectivity index (χ0v) is 7.82. The Morgan fingerprint density at radius 3 is 3.08 bits per heavy atom. The van der Waals surface area contributed by atoms with Crippen molar-refractivity contribution < 1.29 is 0 Å². The van der Waals surface area contributed by atoms with Crippen LogP contribution in [0.4, 0.5) is 0 Å². The zero-order chi connectivity index (χ0) is 8.67. The lowest BCUT2D eigenvalue weighted by Gasteiger charge is -2.34. The van der Waals surface area contributed by atoms with Crippen molar-refractivity contribution in [3.05, 3.63) is 24.3 Å². The fourth-order valence-electron chi connectivity index (χ4n) is 3.02. The molecule has 1 aliphatic heterocycles. The van der Waals surface area contributed by atoms with Gasteiger partial charge in [0.25, 0.3) is 0 Å². The second-order valence-electron chi connectivity index (χ2n) is 4.32. The second kappa shape index (κ2) is 2.83. The molecule has 1 heterocycles. The molecule has 0 aromatic rings. The van der Waals surface area contributed by atoms with Crippen molar-refractivity contribution in [1.29, 1.82) is 0 Å². The molecule has 0 spiro atoms. The van der Waals surface area contributed by atoms with Crippen LogP contribution in [0.5, 0.6) is 0 Å². The van der Waals surface area contributed by atoms with Crippen molar-refractivity contribution in [1.82, 2.24) is 0 Å². The minimum Gasteiger partial charge on any atom is -0.294 e. The van der Waals surface area contributed by atoms with Gasteiger partial charge in [-0.25, -0.2) is 0 Å². The Labute approximate surface area is 79.3 Å². The third kappa shape index (κ3) is 1.10. The van der Waals surface area contributed by atoms with Gasteiger partial charge in [-0.1, -0.05) is 24.3 Å². The molecule has 3 atom stereocenters. The first-order valence-electron chi connectivity index (χ1n) is 5.33. The summed E-state index contributed by atoms with van der Waals surface area (Å²) in [7, 11) is 0. The summed E-state index contributed by atoms with van der Waals surface area (Å²) >= 11 is 0. The van der Waals surface area contributed by atoms with Crippen LogP contribution in [0.3, 0.4) is 0 Å². The summed E-state index contributed by atoms with van der Waals surface area (Å²) < 4.78 is 0. The van der Waals surface area contributed by atoms with Crippen molar-refractivity contribution in [3.63, 3.8) is 0 Å². The van der Waals surface area contributed by atoms with E-state index in [1.165, 1.54) is 25.0 Å². The van der Waals surface area contributed by atoms with Gasteiger partial charge in [0.2, 0.25) is 0 Å². The molecule has 68 valence electrons. The number of rotatable bonds is 0. The summed E-state index contributed by atoms with van der Waals surface area (Å²) in [5, 5.41) is 0. The van der Waals surface area contributed by atoms with Crippen LogP contribution < -0.4 is 0 Å². The first-order chi connectivity index (χ1) is 6.45. The second-order valence-corrected chi connectivity index (χ2v) is 4.32. The van der Waals surface area contributed by atoms with Gasteiger partial charge in [0, 0.05) is 18.2 Å². The van der Waals surface area contributed by atoms with Gasteiger partial charge in [-0.3, -0.25) is 4.99 Å². The van der Waals surface area contributed by atoms with Gasteiger partial charge in [0.15, 0.2) is 0 Å². The van der Waals surface area contributed by atoms with Crippen LogP contribution in [0, 0.1) is 17.8 Å². The topological polar surface area (TPSA) is 12.4 Å². The van der Waals surface area contributed by atoms with E-state index in [1.54, 1.807) is 0 Å². The molecule has 0 radical (unpaired) electrons. The number of hydrogen-bond acceptors (Lipinski definition) is 1. The van der Waals surface area contributed by atoms with Gasteiger partial charge in [0.05, 0.1) is 0 Å². The Morgan fingerprint density at radius 1 is 1.15 bits per heavy atom. The summed E-state index contributed by atoms with van der Waals surface area (Å²) in [5.74, 6) is 2.38. The van der Waals surface area contributed by atoms with E-state index in [-0.39, 0.29) is 0 Å². The highest BCUT2D eigenvalue weighted by molar-refractivity contribution is 5.89. The Hall–Kier alpha value is -0.850. The zero-order valence-electron chi connectivity index (χ0n) is 7.82. The molecule has 0 N–H and O–H groups in total. The molecule has 1 saturated carbocycles. The SMILES string of the molecule is C1=CC2CCC3=NCCC3C2C=C1. The average Bonchev–Trinajstić information content (AvgIpc) is 2.65. The van der Waals surface area contributed by atoms with E-state index in [4.69, 9.17) is 0 Å². The summed E-state index contributed by atoms with van der Waals surface area (Å²) in [6.07, 6.45) is 13.1. The Morgan fingerprint density at radius 2 is 2.08 bits per heavy atom. The molecule has 3 aliphatic rings. The van der Waals surface area contributed by atoms with Crippen molar-refractivity contribution in [2.45, 2.75) is 19.3 Å². The van der Waals surface area contributed by atoms with Crippen LogP contribution in [0.15, 0.2) is 29.3 Å². The predicted molar refractivity (Wildman–Crippen MR) is 54.9 cm³/mol. The van der Waals surface area contributed by atoms with Gasteiger partial charge < -0.3 is 0 Å². The molecule has 0 bridgehead atoms. The molecule has 0 saturated heterocycles. The Bertz CT molecular complexity index is 298. The van der Waals surface area contributed by atoms with E-state index in [2.05, 4.69) is 29.3 Å². The quantitative estimate of drug-likeness (QED) is 0.534. The molecule has 0 amide bonds. The van der Waals surface area contributed by atoms with E-state index >= 15 is 0 Å². The molecule has 1 fully saturated rings. The first kappa shape index (κ1) is 7.54. The van der Waals surface area contributed by atoms with Gasteiger partial charge >= 0.3 is 0 Å². The molecular formula is C12H15N. The number of nitrogens with zero attached hydrogens (tertiary/aromatic N) is 1. The van der Waals surface area contributed by atoms with E-state index in [1.807, 2.05) is 0 Å². The maximum atomic E-state index is 4.61. The van der Waals surface area contributed by atoms with Gasteiger partial charge in [0.1, 0.15) is 0 Å². The third-order valence-corrected chi connectivity index (χ3v) is 3.68. The molecule has 1 nitrogen and oxygen atoms in total. The van der Waals surface area contributed by atoms with Crippen LogP contribution in [-0.2, 0) is 0 Å². The minimum absolute atomic E-state index is 0.778. The van der Waals surface area contributed by atoms with Crippen LogP contribution in [0.2, 0.25) is 0 Å². The lowest BCUT2D eigenvalue weighted by molar-refractivity contribution is 0.342. The molecule has 13 heavy (non-hydrogen) atoms. The molecule has 2 aliphatic carbocycles. The normalized spacial score (nSPS) is 41.2. The monoisotopic (exact) mass is 173 g/mol.